The largest absolute Gasteiger partial charge is 0.465 e. The van der Waals surface area contributed by atoms with E-state index in [1.807, 2.05) is 13.0 Å². The average Bonchev–Trinajstić information content (AvgIpc) is 2.42. The van der Waals surface area contributed by atoms with Gasteiger partial charge in [-0.3, -0.25) is 0 Å². The van der Waals surface area contributed by atoms with Crippen molar-refractivity contribution in [3.05, 3.63) is 29.3 Å². The Morgan fingerprint density at radius 2 is 1.95 bits per heavy atom. The Labute approximate surface area is 119 Å². The van der Waals surface area contributed by atoms with E-state index in [9.17, 15) is 13.2 Å². The van der Waals surface area contributed by atoms with Gasteiger partial charge in [-0.05, 0) is 37.5 Å². The number of sulfone groups is 1. The number of carbonyl (C=O) groups is 1. The third kappa shape index (κ3) is 3.50. The third-order valence-corrected chi connectivity index (χ3v) is 5.29. The highest BCUT2D eigenvalue weighted by molar-refractivity contribution is 7.91. The third-order valence-electron chi connectivity index (χ3n) is 3.57. The number of hydrogen-bond donors (Lipinski definition) is 1. The number of methoxy groups -OCH3 is 1. The summed E-state index contributed by atoms with van der Waals surface area (Å²) in [6.45, 7) is 1.95. The molecular weight excluding hydrogens is 278 g/mol. The molecule has 1 saturated heterocycles. The van der Waals surface area contributed by atoms with Crippen molar-refractivity contribution >= 4 is 21.5 Å². The van der Waals surface area contributed by atoms with Crippen LogP contribution in [0.2, 0.25) is 0 Å². The van der Waals surface area contributed by atoms with Crippen LogP contribution in [0.3, 0.4) is 0 Å². The lowest BCUT2D eigenvalue weighted by molar-refractivity contribution is 0.0601. The fourth-order valence-corrected chi connectivity index (χ4v) is 3.77. The minimum absolute atomic E-state index is 0.130. The Hall–Kier alpha value is -1.56. The van der Waals surface area contributed by atoms with Crippen LogP contribution in [0.5, 0.6) is 0 Å². The number of hydrogen-bond acceptors (Lipinski definition) is 5. The van der Waals surface area contributed by atoms with Crippen LogP contribution in [0.1, 0.15) is 28.8 Å². The molecule has 0 bridgehead atoms. The number of nitrogens with one attached hydrogen (secondary N) is 1. The van der Waals surface area contributed by atoms with Gasteiger partial charge in [-0.1, -0.05) is 6.07 Å². The zero-order chi connectivity index (χ0) is 14.8. The number of esters is 1. The maximum atomic E-state index is 11.5. The van der Waals surface area contributed by atoms with Gasteiger partial charge < -0.3 is 10.1 Å². The molecule has 0 saturated carbocycles. The van der Waals surface area contributed by atoms with Crippen molar-refractivity contribution in [3.8, 4) is 0 Å². The van der Waals surface area contributed by atoms with Gasteiger partial charge in [0, 0.05) is 11.7 Å². The van der Waals surface area contributed by atoms with Crippen LogP contribution in [0.4, 0.5) is 5.69 Å². The van der Waals surface area contributed by atoms with Crippen molar-refractivity contribution < 1.29 is 17.9 Å². The number of carbonyl (C=O) groups excluding carboxylic acids is 1. The first kappa shape index (κ1) is 14.8. The van der Waals surface area contributed by atoms with E-state index >= 15 is 0 Å². The molecule has 1 aliphatic heterocycles. The van der Waals surface area contributed by atoms with Gasteiger partial charge in [-0.2, -0.15) is 0 Å². The summed E-state index contributed by atoms with van der Waals surface area (Å²) in [5.74, 6) is 0.0696. The van der Waals surface area contributed by atoms with E-state index in [-0.39, 0.29) is 23.5 Å². The van der Waals surface area contributed by atoms with Crippen molar-refractivity contribution in [2.75, 3.05) is 23.9 Å². The highest BCUT2D eigenvalue weighted by Crippen LogP contribution is 2.22. The molecule has 110 valence electrons. The lowest BCUT2D eigenvalue weighted by Gasteiger charge is -2.25. The molecule has 2 rings (SSSR count). The summed E-state index contributed by atoms with van der Waals surface area (Å²) in [5.41, 5.74) is 2.37. The monoisotopic (exact) mass is 297 g/mol. The second-order valence-electron chi connectivity index (χ2n) is 5.09. The van der Waals surface area contributed by atoms with Crippen molar-refractivity contribution in [2.45, 2.75) is 25.8 Å². The van der Waals surface area contributed by atoms with Gasteiger partial charge >= 0.3 is 5.97 Å². The number of rotatable bonds is 3. The first-order valence-electron chi connectivity index (χ1n) is 6.57. The van der Waals surface area contributed by atoms with Crippen LogP contribution in [-0.2, 0) is 14.6 Å². The number of benzene rings is 1. The van der Waals surface area contributed by atoms with E-state index in [1.165, 1.54) is 7.11 Å². The van der Waals surface area contributed by atoms with Gasteiger partial charge in [0.1, 0.15) is 9.84 Å². The molecule has 0 unspecified atom stereocenters. The summed E-state index contributed by atoms with van der Waals surface area (Å²) in [4.78, 5) is 11.5. The predicted octanol–water partition coefficient (Wildman–Crippen LogP) is 1.77. The summed E-state index contributed by atoms with van der Waals surface area (Å²) in [6.07, 6.45) is 1.20. The smallest absolute Gasteiger partial charge is 0.337 e. The lowest BCUT2D eigenvalue weighted by Crippen LogP contribution is -2.32. The quantitative estimate of drug-likeness (QED) is 0.861. The maximum absolute atomic E-state index is 11.5. The second kappa shape index (κ2) is 5.83. The van der Waals surface area contributed by atoms with Crippen LogP contribution < -0.4 is 5.32 Å². The number of ether oxygens (including phenoxy) is 1. The van der Waals surface area contributed by atoms with Gasteiger partial charge in [-0.15, -0.1) is 0 Å². The molecule has 1 aliphatic rings. The molecule has 0 atom stereocenters. The fraction of sp³-hybridized carbons (Fsp3) is 0.500. The highest BCUT2D eigenvalue weighted by Gasteiger charge is 2.23. The lowest BCUT2D eigenvalue weighted by atomic mass is 10.1. The summed E-state index contributed by atoms with van der Waals surface area (Å²) in [5, 5.41) is 3.33. The molecule has 1 N–H and O–H groups in total. The summed E-state index contributed by atoms with van der Waals surface area (Å²) >= 11 is 0. The van der Waals surface area contributed by atoms with Gasteiger partial charge in [0.15, 0.2) is 0 Å². The van der Waals surface area contributed by atoms with E-state index in [0.717, 1.165) is 11.3 Å². The van der Waals surface area contributed by atoms with E-state index in [0.29, 0.717) is 18.4 Å². The Kier molecular flexibility index (Phi) is 4.32. The number of aryl methyl sites for hydroxylation is 1. The molecule has 1 aromatic carbocycles. The molecule has 0 radical (unpaired) electrons. The molecule has 1 aromatic rings. The molecule has 5 nitrogen and oxygen atoms in total. The molecule has 6 heteroatoms. The van der Waals surface area contributed by atoms with E-state index in [2.05, 4.69) is 5.32 Å². The van der Waals surface area contributed by atoms with Crippen LogP contribution in [0, 0.1) is 6.92 Å². The summed E-state index contributed by atoms with van der Waals surface area (Å²) < 4.78 is 27.5. The SMILES string of the molecule is COC(=O)c1ccc(C)c(NC2CCS(=O)(=O)CC2)c1. The molecule has 1 fully saturated rings. The van der Waals surface area contributed by atoms with E-state index < -0.39 is 9.84 Å². The van der Waals surface area contributed by atoms with Crippen molar-refractivity contribution in [1.29, 1.82) is 0 Å². The minimum atomic E-state index is -2.86. The first-order valence-corrected chi connectivity index (χ1v) is 8.39. The van der Waals surface area contributed by atoms with Gasteiger partial charge in [0.25, 0.3) is 0 Å². The second-order valence-corrected chi connectivity index (χ2v) is 7.40. The molecule has 0 amide bonds. The summed E-state index contributed by atoms with van der Waals surface area (Å²) in [6, 6.07) is 5.46. The maximum Gasteiger partial charge on any atom is 0.337 e. The molecule has 0 spiro atoms. The summed E-state index contributed by atoms with van der Waals surface area (Å²) in [7, 11) is -1.51. The average molecular weight is 297 g/mol. The van der Waals surface area contributed by atoms with Crippen molar-refractivity contribution in [1.82, 2.24) is 0 Å². The fourth-order valence-electron chi connectivity index (χ4n) is 2.28. The normalized spacial score (nSPS) is 18.5. The van der Waals surface area contributed by atoms with Gasteiger partial charge in [-0.25, -0.2) is 13.2 Å². The van der Waals surface area contributed by atoms with E-state index in [4.69, 9.17) is 4.74 Å². The Bertz CT molecular complexity index is 596. The number of anilines is 1. The van der Waals surface area contributed by atoms with Gasteiger partial charge in [0.2, 0.25) is 0 Å². The predicted molar refractivity (Wildman–Crippen MR) is 77.8 cm³/mol. The standard InChI is InChI=1S/C14H19NO4S/c1-10-3-4-11(14(16)19-2)9-13(10)15-12-5-7-20(17,18)8-6-12/h3-4,9,12,15H,5-8H2,1-2H3. The van der Waals surface area contributed by atoms with Gasteiger partial charge in [0.05, 0.1) is 24.2 Å². The molecule has 0 aromatic heterocycles. The van der Waals surface area contributed by atoms with E-state index in [1.54, 1.807) is 12.1 Å². The van der Waals surface area contributed by atoms with Crippen LogP contribution in [0.15, 0.2) is 18.2 Å². The van der Waals surface area contributed by atoms with Crippen molar-refractivity contribution in [2.24, 2.45) is 0 Å². The molecule has 0 aliphatic carbocycles. The zero-order valence-corrected chi connectivity index (χ0v) is 12.5. The highest BCUT2D eigenvalue weighted by atomic mass is 32.2. The molecule has 20 heavy (non-hydrogen) atoms. The Morgan fingerprint density at radius 1 is 1.30 bits per heavy atom. The molecular formula is C14H19NO4S. The first-order chi connectivity index (χ1) is 9.41. The van der Waals surface area contributed by atoms with Crippen molar-refractivity contribution in [3.63, 3.8) is 0 Å². The Balaban J connectivity index is 2.11. The zero-order valence-electron chi connectivity index (χ0n) is 11.7. The Morgan fingerprint density at radius 3 is 2.55 bits per heavy atom. The van der Waals surface area contributed by atoms with Crippen LogP contribution in [-0.4, -0.2) is 39.0 Å². The topological polar surface area (TPSA) is 72.5 Å². The van der Waals surface area contributed by atoms with Crippen LogP contribution >= 0.6 is 0 Å². The molecule has 1 heterocycles. The van der Waals surface area contributed by atoms with Crippen LogP contribution in [0.25, 0.3) is 0 Å². The minimum Gasteiger partial charge on any atom is -0.465 e.